The molecule has 0 unspecified atom stereocenters. The molecular formula is C7H13F5N2O2S. The average molecular weight is 284 g/mol. The van der Waals surface area contributed by atoms with Crippen LogP contribution < -0.4 is 10.5 Å². The number of halogens is 5. The van der Waals surface area contributed by atoms with Gasteiger partial charge in [0.25, 0.3) is 0 Å². The number of hydrogen-bond acceptors (Lipinski definition) is 3. The van der Waals surface area contributed by atoms with Gasteiger partial charge in [-0.3, -0.25) is 0 Å². The van der Waals surface area contributed by atoms with E-state index in [0.29, 0.717) is 0 Å². The van der Waals surface area contributed by atoms with Crippen LogP contribution in [0.5, 0.6) is 0 Å². The van der Waals surface area contributed by atoms with Crippen molar-refractivity contribution in [3.05, 3.63) is 0 Å². The van der Waals surface area contributed by atoms with Crippen molar-refractivity contribution in [1.82, 2.24) is 4.72 Å². The average Bonchev–Trinajstić information content (AvgIpc) is 2.14. The lowest BCUT2D eigenvalue weighted by atomic mass is 10.2. The van der Waals surface area contributed by atoms with Crippen LogP contribution in [0.4, 0.5) is 22.0 Å². The van der Waals surface area contributed by atoms with E-state index in [2.05, 4.69) is 0 Å². The summed E-state index contributed by atoms with van der Waals surface area (Å²) in [6.07, 6.45) is -7.26. The predicted molar refractivity (Wildman–Crippen MR) is 51.1 cm³/mol. The number of sulfonamides is 1. The van der Waals surface area contributed by atoms with Crippen LogP contribution in [-0.2, 0) is 10.0 Å². The highest BCUT2D eigenvalue weighted by atomic mass is 32.2. The SMILES string of the molecule is NCCCNS(=O)(=O)CCC(F)(F)C(F)(F)F. The molecule has 17 heavy (non-hydrogen) atoms. The van der Waals surface area contributed by atoms with Crippen molar-refractivity contribution in [3.63, 3.8) is 0 Å². The Morgan fingerprint density at radius 3 is 2.06 bits per heavy atom. The first-order chi connectivity index (χ1) is 7.52. The minimum absolute atomic E-state index is 0.0869. The first-order valence-electron chi connectivity index (χ1n) is 4.64. The summed E-state index contributed by atoms with van der Waals surface area (Å²) in [6.45, 7) is 0.0949. The maximum atomic E-state index is 12.4. The summed E-state index contributed by atoms with van der Waals surface area (Å²) in [5, 5.41) is 0. The van der Waals surface area contributed by atoms with Crippen molar-refractivity contribution in [3.8, 4) is 0 Å². The quantitative estimate of drug-likeness (QED) is 0.537. The summed E-state index contributed by atoms with van der Waals surface area (Å²) in [5.41, 5.74) is 5.05. The Labute approximate surface area is 95.4 Å². The monoisotopic (exact) mass is 284 g/mol. The maximum Gasteiger partial charge on any atom is 0.453 e. The van der Waals surface area contributed by atoms with E-state index >= 15 is 0 Å². The van der Waals surface area contributed by atoms with Crippen molar-refractivity contribution >= 4 is 10.0 Å². The summed E-state index contributed by atoms with van der Waals surface area (Å²) in [4.78, 5) is 0. The van der Waals surface area contributed by atoms with Gasteiger partial charge in [0.05, 0.1) is 5.75 Å². The zero-order chi connectivity index (χ0) is 13.7. The van der Waals surface area contributed by atoms with Crippen molar-refractivity contribution in [2.24, 2.45) is 5.73 Å². The Balaban J connectivity index is 4.28. The first-order valence-corrected chi connectivity index (χ1v) is 6.29. The summed E-state index contributed by atoms with van der Waals surface area (Å²) in [7, 11) is -4.13. The molecule has 0 aromatic rings. The molecule has 0 aliphatic heterocycles. The van der Waals surface area contributed by atoms with E-state index in [1.807, 2.05) is 4.72 Å². The van der Waals surface area contributed by atoms with Gasteiger partial charge in [-0.05, 0) is 13.0 Å². The molecule has 3 N–H and O–H groups in total. The second kappa shape index (κ2) is 5.91. The van der Waals surface area contributed by atoms with Gasteiger partial charge in [-0.1, -0.05) is 0 Å². The number of nitrogens with two attached hydrogens (primary N) is 1. The van der Waals surface area contributed by atoms with E-state index in [-0.39, 0.29) is 19.5 Å². The summed E-state index contributed by atoms with van der Waals surface area (Å²) in [5.74, 6) is -6.29. The second-order valence-electron chi connectivity index (χ2n) is 3.31. The predicted octanol–water partition coefficient (Wildman–Crippen LogP) is 0.842. The Morgan fingerprint density at radius 2 is 1.65 bits per heavy atom. The van der Waals surface area contributed by atoms with Gasteiger partial charge in [0.2, 0.25) is 10.0 Å². The molecule has 0 saturated heterocycles. The highest BCUT2D eigenvalue weighted by molar-refractivity contribution is 7.89. The molecular weight excluding hydrogens is 271 g/mol. The molecule has 0 heterocycles. The largest absolute Gasteiger partial charge is 0.453 e. The second-order valence-corrected chi connectivity index (χ2v) is 5.23. The van der Waals surface area contributed by atoms with Crippen molar-refractivity contribution < 1.29 is 30.4 Å². The highest BCUT2D eigenvalue weighted by Crippen LogP contribution is 2.38. The number of nitrogens with one attached hydrogen (secondary N) is 1. The van der Waals surface area contributed by atoms with E-state index in [1.54, 1.807) is 0 Å². The fourth-order valence-corrected chi connectivity index (χ4v) is 1.93. The number of rotatable bonds is 7. The maximum absolute atomic E-state index is 12.4. The number of hydrogen-bond donors (Lipinski definition) is 2. The molecule has 0 saturated carbocycles. The molecule has 10 heteroatoms. The molecule has 104 valence electrons. The van der Waals surface area contributed by atoms with Crippen molar-refractivity contribution in [2.45, 2.75) is 24.9 Å². The standard InChI is InChI=1S/C7H13F5N2O2S/c8-6(9,7(10,11)12)2-5-17(15,16)14-4-1-3-13/h14H,1-5,13H2. The van der Waals surface area contributed by atoms with E-state index in [4.69, 9.17) is 5.73 Å². The van der Waals surface area contributed by atoms with Gasteiger partial charge in [0.1, 0.15) is 0 Å². The van der Waals surface area contributed by atoms with E-state index in [9.17, 15) is 30.4 Å². The fraction of sp³-hybridized carbons (Fsp3) is 1.00. The van der Waals surface area contributed by atoms with Crippen LogP contribution in [0.2, 0.25) is 0 Å². The molecule has 0 aromatic carbocycles. The lowest BCUT2D eigenvalue weighted by Crippen LogP contribution is -2.39. The van der Waals surface area contributed by atoms with Crippen LogP contribution in [0.25, 0.3) is 0 Å². The third-order valence-electron chi connectivity index (χ3n) is 1.80. The highest BCUT2D eigenvalue weighted by Gasteiger charge is 2.57. The molecule has 0 atom stereocenters. The Bertz CT molecular complexity index is 328. The van der Waals surface area contributed by atoms with Crippen molar-refractivity contribution in [2.75, 3.05) is 18.8 Å². The minimum Gasteiger partial charge on any atom is -0.330 e. The summed E-state index contributed by atoms with van der Waals surface area (Å²) >= 11 is 0. The third kappa shape index (κ3) is 6.13. The van der Waals surface area contributed by atoms with Crippen LogP contribution >= 0.6 is 0 Å². The van der Waals surface area contributed by atoms with Gasteiger partial charge in [-0.15, -0.1) is 0 Å². The topological polar surface area (TPSA) is 72.2 Å². The molecule has 0 spiro atoms. The molecule has 0 aromatic heterocycles. The van der Waals surface area contributed by atoms with Crippen LogP contribution in [0.3, 0.4) is 0 Å². The Kier molecular flexibility index (Phi) is 5.75. The van der Waals surface area contributed by atoms with E-state index in [1.165, 1.54) is 0 Å². The van der Waals surface area contributed by atoms with Gasteiger partial charge >= 0.3 is 12.1 Å². The Morgan fingerprint density at radius 1 is 1.12 bits per heavy atom. The molecule has 0 radical (unpaired) electrons. The molecule has 4 nitrogen and oxygen atoms in total. The van der Waals surface area contributed by atoms with Crippen molar-refractivity contribution in [1.29, 1.82) is 0 Å². The first kappa shape index (κ1) is 16.5. The van der Waals surface area contributed by atoms with Gasteiger partial charge in [0.15, 0.2) is 0 Å². The molecule has 0 rings (SSSR count). The Hall–Kier alpha value is -0.480. The summed E-state index contributed by atoms with van der Waals surface area (Å²) in [6, 6.07) is 0. The van der Waals surface area contributed by atoms with Gasteiger partial charge in [-0.2, -0.15) is 22.0 Å². The minimum atomic E-state index is -5.74. The van der Waals surface area contributed by atoms with E-state index in [0.717, 1.165) is 0 Å². The molecule has 0 bridgehead atoms. The zero-order valence-electron chi connectivity index (χ0n) is 8.73. The lowest BCUT2D eigenvalue weighted by molar-refractivity contribution is -0.282. The van der Waals surface area contributed by atoms with Crippen LogP contribution in [-0.4, -0.2) is 39.4 Å². The van der Waals surface area contributed by atoms with E-state index < -0.39 is 34.3 Å². The van der Waals surface area contributed by atoms with Crippen LogP contribution in [0.15, 0.2) is 0 Å². The van der Waals surface area contributed by atoms with Gasteiger partial charge < -0.3 is 5.73 Å². The molecule has 0 aliphatic carbocycles. The summed E-state index contributed by atoms with van der Waals surface area (Å²) < 4.78 is 84.0. The van der Waals surface area contributed by atoms with Crippen LogP contribution in [0, 0.1) is 0 Å². The zero-order valence-corrected chi connectivity index (χ0v) is 9.54. The van der Waals surface area contributed by atoms with Gasteiger partial charge in [-0.25, -0.2) is 13.1 Å². The smallest absolute Gasteiger partial charge is 0.330 e. The van der Waals surface area contributed by atoms with Gasteiger partial charge in [0, 0.05) is 13.0 Å². The molecule has 0 aliphatic rings. The number of alkyl halides is 5. The fourth-order valence-electron chi connectivity index (χ4n) is 0.806. The molecule has 0 fully saturated rings. The third-order valence-corrected chi connectivity index (χ3v) is 3.19. The lowest BCUT2D eigenvalue weighted by Gasteiger charge is -2.19. The molecule has 0 amide bonds. The van der Waals surface area contributed by atoms with Crippen LogP contribution in [0.1, 0.15) is 12.8 Å². The normalized spacial score (nSPS) is 14.0.